The third-order valence-corrected chi connectivity index (χ3v) is 4.62. The molecule has 21 heavy (non-hydrogen) atoms. The lowest BCUT2D eigenvalue weighted by Gasteiger charge is -2.37. The van der Waals surface area contributed by atoms with E-state index in [1.54, 1.807) is 6.92 Å². The lowest BCUT2D eigenvalue weighted by Crippen LogP contribution is -2.52. The van der Waals surface area contributed by atoms with E-state index >= 15 is 0 Å². The number of rotatable bonds is 3. The van der Waals surface area contributed by atoms with Crippen molar-refractivity contribution in [1.29, 1.82) is 0 Å². The summed E-state index contributed by atoms with van der Waals surface area (Å²) in [7, 11) is 0. The number of hydrogen-bond acceptors (Lipinski definition) is 7. The molecule has 0 aliphatic carbocycles. The topological polar surface area (TPSA) is 101 Å². The Morgan fingerprint density at radius 2 is 2.38 bits per heavy atom. The Bertz CT molecular complexity index is 575. The summed E-state index contributed by atoms with van der Waals surface area (Å²) < 4.78 is 9.12. The van der Waals surface area contributed by atoms with E-state index in [1.807, 2.05) is 4.90 Å². The number of nitrogens with one attached hydrogen (secondary N) is 1. The van der Waals surface area contributed by atoms with Crippen LogP contribution in [0.15, 0.2) is 0 Å². The van der Waals surface area contributed by atoms with E-state index in [0.29, 0.717) is 38.3 Å². The summed E-state index contributed by atoms with van der Waals surface area (Å²) in [6.45, 7) is 4.60. The zero-order chi connectivity index (χ0) is 15.0. The molecule has 1 aromatic heterocycles. The Morgan fingerprint density at radius 3 is 3.14 bits per heavy atom. The van der Waals surface area contributed by atoms with Crippen molar-refractivity contribution in [3.63, 3.8) is 0 Å². The molecule has 0 saturated carbocycles. The molecule has 0 bridgehead atoms. The predicted molar refractivity (Wildman–Crippen MR) is 78.6 cm³/mol. The van der Waals surface area contributed by atoms with Crippen LogP contribution in [0.1, 0.15) is 17.3 Å². The number of nitrogens with zero attached hydrogens (tertiary/aromatic N) is 3. The molecule has 1 unspecified atom stereocenters. The van der Waals surface area contributed by atoms with Gasteiger partial charge >= 0.3 is 12.0 Å². The molecule has 114 valence electrons. The maximum absolute atomic E-state index is 12.0. The average molecular weight is 311 g/mol. The fourth-order valence-corrected chi connectivity index (χ4v) is 3.53. The van der Waals surface area contributed by atoms with E-state index < -0.39 is 5.97 Å². The first-order chi connectivity index (χ1) is 10.1. The van der Waals surface area contributed by atoms with Crippen molar-refractivity contribution in [1.82, 2.24) is 14.6 Å². The number of hydrogen-bond donors (Lipinski definition) is 2. The summed E-state index contributed by atoms with van der Waals surface area (Å²) in [5.74, 6) is -0.238. The fourth-order valence-electron chi connectivity index (χ4n) is 2.69. The summed E-state index contributed by atoms with van der Waals surface area (Å²) in [4.78, 5) is 27.5. The van der Waals surface area contributed by atoms with Crippen LogP contribution in [0.4, 0.5) is 15.6 Å². The number of carbonyl (C=O) groups is 2. The van der Waals surface area contributed by atoms with Crippen molar-refractivity contribution in [2.75, 3.05) is 43.4 Å². The number of piperazine rings is 1. The van der Waals surface area contributed by atoms with Gasteiger partial charge in [-0.2, -0.15) is 4.37 Å². The van der Waals surface area contributed by atoms with E-state index in [-0.39, 0.29) is 17.9 Å². The number of aromatic nitrogens is 1. The first-order valence-electron chi connectivity index (χ1n) is 6.83. The number of fused-ring (bicyclic) bond motifs is 1. The summed E-state index contributed by atoms with van der Waals surface area (Å²) in [5, 5.41) is 3.56. The van der Waals surface area contributed by atoms with E-state index in [9.17, 15) is 9.59 Å². The summed E-state index contributed by atoms with van der Waals surface area (Å²) >= 11 is 1.20. The van der Waals surface area contributed by atoms with Crippen molar-refractivity contribution in [3.8, 4) is 0 Å². The molecule has 3 N–H and O–H groups in total. The van der Waals surface area contributed by atoms with Crippen LogP contribution in [-0.4, -0.2) is 60.1 Å². The second-order valence-corrected chi connectivity index (χ2v) is 5.70. The van der Waals surface area contributed by atoms with Crippen LogP contribution in [0, 0.1) is 0 Å². The molecule has 1 atom stereocenters. The van der Waals surface area contributed by atoms with Gasteiger partial charge in [-0.15, -0.1) is 0 Å². The average Bonchev–Trinajstić information content (AvgIpc) is 3.03. The molecule has 9 heteroatoms. The van der Waals surface area contributed by atoms with Crippen LogP contribution in [0.25, 0.3) is 0 Å². The zero-order valence-corrected chi connectivity index (χ0v) is 12.5. The number of amides is 2. The third-order valence-electron chi connectivity index (χ3n) is 3.70. The first kappa shape index (κ1) is 13.9. The Balaban J connectivity index is 1.82. The monoisotopic (exact) mass is 311 g/mol. The van der Waals surface area contributed by atoms with E-state index in [1.165, 1.54) is 11.5 Å². The highest BCUT2D eigenvalue weighted by Gasteiger charge is 2.37. The quantitative estimate of drug-likeness (QED) is 0.769. The smallest absolute Gasteiger partial charge is 0.345 e. The maximum Gasteiger partial charge on any atom is 0.345 e. The van der Waals surface area contributed by atoms with Gasteiger partial charge in [-0.3, -0.25) is 0 Å². The number of ether oxygens (including phenoxy) is 1. The van der Waals surface area contributed by atoms with Gasteiger partial charge in [-0.1, -0.05) is 0 Å². The van der Waals surface area contributed by atoms with Gasteiger partial charge in [0.1, 0.15) is 10.6 Å². The van der Waals surface area contributed by atoms with Crippen molar-refractivity contribution >= 4 is 34.4 Å². The summed E-state index contributed by atoms with van der Waals surface area (Å²) in [5.41, 5.74) is 6.14. The molecule has 8 nitrogen and oxygen atoms in total. The standard InChI is InChI=1S/C12H17N5O3S/c1-2-20-11(18)8-9(13)15-21-10(8)16-3-4-17-7(6-16)5-14-12(17)19/h7H,2-6H2,1H3,(H2,13,15)(H,14,19). The normalized spacial score (nSPS) is 21.2. The molecule has 2 saturated heterocycles. The van der Waals surface area contributed by atoms with Gasteiger partial charge in [0, 0.05) is 26.2 Å². The van der Waals surface area contributed by atoms with Gasteiger partial charge < -0.3 is 25.6 Å². The lowest BCUT2D eigenvalue weighted by atomic mass is 10.2. The highest BCUT2D eigenvalue weighted by Crippen LogP contribution is 2.33. The van der Waals surface area contributed by atoms with Crippen LogP contribution in [0.5, 0.6) is 0 Å². The van der Waals surface area contributed by atoms with Crippen molar-refractivity contribution < 1.29 is 14.3 Å². The van der Waals surface area contributed by atoms with Crippen LogP contribution in [0.2, 0.25) is 0 Å². The Kier molecular flexibility index (Phi) is 3.58. The van der Waals surface area contributed by atoms with Crippen LogP contribution < -0.4 is 16.0 Å². The molecule has 0 radical (unpaired) electrons. The van der Waals surface area contributed by atoms with Crippen LogP contribution in [0.3, 0.4) is 0 Å². The van der Waals surface area contributed by atoms with Gasteiger partial charge in [-0.05, 0) is 18.5 Å². The number of anilines is 2. The van der Waals surface area contributed by atoms with Crippen molar-refractivity contribution in [3.05, 3.63) is 5.56 Å². The number of nitrogens with two attached hydrogens (primary N) is 1. The SMILES string of the molecule is CCOC(=O)c1c(N)nsc1N1CCN2C(=O)NCC2C1. The summed E-state index contributed by atoms with van der Waals surface area (Å²) in [6, 6.07) is 0.0960. The van der Waals surface area contributed by atoms with Gasteiger partial charge in [0.15, 0.2) is 5.82 Å². The molecule has 2 amide bonds. The molecule has 1 aromatic rings. The van der Waals surface area contributed by atoms with Crippen LogP contribution >= 0.6 is 11.5 Å². The van der Waals surface area contributed by atoms with E-state index in [4.69, 9.17) is 10.5 Å². The molecule has 0 aromatic carbocycles. The van der Waals surface area contributed by atoms with E-state index in [2.05, 4.69) is 14.6 Å². The predicted octanol–water partition coefficient (Wildman–Crippen LogP) is 0.116. The van der Waals surface area contributed by atoms with Gasteiger partial charge in [0.25, 0.3) is 0 Å². The molecular weight excluding hydrogens is 294 g/mol. The first-order valence-corrected chi connectivity index (χ1v) is 7.60. The second-order valence-electron chi connectivity index (χ2n) is 4.95. The van der Waals surface area contributed by atoms with Gasteiger partial charge in [0.05, 0.1) is 12.6 Å². The van der Waals surface area contributed by atoms with Crippen molar-refractivity contribution in [2.45, 2.75) is 13.0 Å². The van der Waals surface area contributed by atoms with Gasteiger partial charge in [-0.25, -0.2) is 9.59 Å². The minimum Gasteiger partial charge on any atom is -0.462 e. The lowest BCUT2D eigenvalue weighted by molar-refractivity contribution is 0.0528. The minimum absolute atomic E-state index is 0.0194. The minimum atomic E-state index is -0.443. The summed E-state index contributed by atoms with van der Waals surface area (Å²) in [6.07, 6.45) is 0. The highest BCUT2D eigenvalue weighted by molar-refractivity contribution is 7.11. The molecule has 3 rings (SSSR count). The number of carbonyl (C=O) groups excluding carboxylic acids is 2. The maximum atomic E-state index is 12.0. The molecule has 2 fully saturated rings. The largest absolute Gasteiger partial charge is 0.462 e. The number of esters is 1. The van der Waals surface area contributed by atoms with Crippen molar-refractivity contribution in [2.24, 2.45) is 0 Å². The number of nitrogen functional groups attached to an aromatic ring is 1. The third kappa shape index (κ3) is 2.37. The zero-order valence-electron chi connectivity index (χ0n) is 11.7. The Labute approximate surface area is 126 Å². The molecule has 2 aliphatic heterocycles. The molecule has 0 spiro atoms. The molecule has 2 aliphatic rings. The fraction of sp³-hybridized carbons (Fsp3) is 0.583. The van der Waals surface area contributed by atoms with Gasteiger partial charge in [0.2, 0.25) is 0 Å². The Morgan fingerprint density at radius 1 is 1.57 bits per heavy atom. The highest BCUT2D eigenvalue weighted by atomic mass is 32.1. The van der Waals surface area contributed by atoms with Crippen LogP contribution in [-0.2, 0) is 4.74 Å². The Hall–Kier alpha value is -2.03. The number of urea groups is 1. The second kappa shape index (κ2) is 5.40. The molecular formula is C12H17N5O3S. The van der Waals surface area contributed by atoms with E-state index in [0.717, 1.165) is 5.00 Å². The molecule has 3 heterocycles.